The van der Waals surface area contributed by atoms with Gasteiger partial charge in [-0.15, -0.1) is 41.0 Å². The number of nitrogens with zero attached hydrogens (tertiary/aromatic N) is 10. The second kappa shape index (κ2) is 41.5. The monoisotopic (exact) mass is 1140 g/mol. The number of aliphatic hydroxyl groups excluding tert-OH is 2. The van der Waals surface area contributed by atoms with E-state index in [4.69, 9.17) is 94.2 Å². The van der Waals surface area contributed by atoms with Gasteiger partial charge >= 0.3 is 34.1 Å². The van der Waals surface area contributed by atoms with Crippen molar-refractivity contribution < 1.29 is 169 Å². The molecule has 0 aliphatic rings. The molecule has 2 atom stereocenters. The molecule has 0 aromatic carbocycles. The minimum atomic E-state index is -4.94. The van der Waals surface area contributed by atoms with Gasteiger partial charge in [-0.25, -0.2) is 94.5 Å². The average molecular weight is 1140 g/mol. The Hall–Kier alpha value is -2.50. The van der Waals surface area contributed by atoms with E-state index >= 15 is 0 Å². The Morgan fingerprint density at radius 2 is 0.727 bits per heavy atom. The number of aryl methyl sites for hydroxylation is 4. The summed E-state index contributed by atoms with van der Waals surface area (Å²) in [6.45, 7) is 2.70. The van der Waals surface area contributed by atoms with Crippen LogP contribution < -0.4 is 85.2 Å². The van der Waals surface area contributed by atoms with Crippen molar-refractivity contribution in [3.05, 3.63) is 72.9 Å². The Morgan fingerprint density at radius 3 is 0.909 bits per heavy atom. The van der Waals surface area contributed by atoms with E-state index in [0.29, 0.717) is 26.2 Å². The molecule has 4 aromatic heterocycles. The van der Waals surface area contributed by atoms with Gasteiger partial charge in [0.2, 0.25) is 0 Å². The Bertz CT molecular complexity index is 1580. The normalized spacial score (nSPS) is 11.8. The molecule has 66 heavy (non-hydrogen) atoms. The number of methoxy groups -OCH3 is 2. The van der Waals surface area contributed by atoms with Gasteiger partial charge in [-0.3, -0.25) is 20.6 Å². The Balaban J connectivity index is -0.000000181. The fourth-order valence-electron chi connectivity index (χ4n) is 3.64. The first-order valence-corrected chi connectivity index (χ1v) is 21.2. The van der Waals surface area contributed by atoms with Crippen molar-refractivity contribution >= 4 is 12.4 Å². The number of hydrogen-bond acceptors (Lipinski definition) is 28. The molecule has 0 aliphatic carbocycles. The number of ether oxygens (including phenoxy) is 2. The molecule has 4 heterocycles. The minimum absolute atomic E-state index is 0. The van der Waals surface area contributed by atoms with Crippen LogP contribution in [0.3, 0.4) is 0 Å². The van der Waals surface area contributed by atoms with Gasteiger partial charge in [0.15, 0.2) is 24.1 Å². The SMILES string of the molecule is CO.CO.CO[C@@H](NCCN=Cc1nccn1C)c1nccn1C.CO[C@H](NCCN=Cc1nccn1C)c1nccn1C.[Cu+2].[Cu+2].[O-][Cl+3]([O-])([O-])[O-].[O-][Cl+3]([O-])([O-])[O-].[O-][Cl+3]([O-])([O-])[O-].[O-][Cl+3]([O-])([O-])[O-]. The number of hydrogen-bond donors (Lipinski definition) is 4. The maximum Gasteiger partial charge on any atom is 2.00 e. The fraction of sp³-hybridized carbons (Fsp3) is 0.500. The zero-order chi connectivity index (χ0) is 50.7. The molecule has 0 unspecified atom stereocenters. The van der Waals surface area contributed by atoms with Crippen molar-refractivity contribution in [1.82, 2.24) is 48.8 Å². The number of halogens is 4. The number of rotatable bonds is 14. The third kappa shape index (κ3) is 52.5. The maximum atomic E-state index is 8.49. The fourth-order valence-corrected chi connectivity index (χ4v) is 3.64. The van der Waals surface area contributed by atoms with E-state index in [2.05, 4.69) is 40.6 Å². The molecule has 4 aromatic rings. The first-order chi connectivity index (χ1) is 29.4. The molecule has 4 N–H and O–H groups in total. The van der Waals surface area contributed by atoms with Gasteiger partial charge in [-0.1, -0.05) is 0 Å². The van der Waals surface area contributed by atoms with Crippen molar-refractivity contribution in [1.29, 1.82) is 0 Å². The molecule has 0 spiro atoms. The van der Waals surface area contributed by atoms with Gasteiger partial charge in [0, 0.05) is 119 Å². The van der Waals surface area contributed by atoms with Gasteiger partial charge in [0.05, 0.1) is 25.5 Å². The van der Waals surface area contributed by atoms with Gasteiger partial charge < -0.3 is 38.0 Å². The van der Waals surface area contributed by atoms with Crippen LogP contribution in [0.4, 0.5) is 0 Å². The summed E-state index contributed by atoms with van der Waals surface area (Å²) in [6.07, 6.45) is 17.7. The summed E-state index contributed by atoms with van der Waals surface area (Å²) in [5.41, 5.74) is 0. The van der Waals surface area contributed by atoms with Crippen LogP contribution >= 0.6 is 0 Å². The van der Waals surface area contributed by atoms with Gasteiger partial charge in [-0.05, 0) is 0 Å². The molecule has 0 saturated heterocycles. The van der Waals surface area contributed by atoms with Crippen molar-refractivity contribution in [2.75, 3.05) is 54.6 Å². The summed E-state index contributed by atoms with van der Waals surface area (Å²) in [6, 6.07) is 0. The summed E-state index contributed by atoms with van der Waals surface area (Å²) >= 11 is 0. The largest absolute Gasteiger partial charge is 2.00 e. The Labute approximate surface area is 406 Å². The number of aromatic nitrogens is 8. The predicted octanol–water partition coefficient (Wildman–Crippen LogP) is -18.8. The van der Waals surface area contributed by atoms with Gasteiger partial charge in [0.25, 0.3) is 0 Å². The van der Waals surface area contributed by atoms with Crippen LogP contribution in [0.1, 0.15) is 35.8 Å². The number of nitrogens with one attached hydrogen (secondary N) is 2. The first kappa shape index (κ1) is 75.0. The molecule has 0 bridgehead atoms. The zero-order valence-corrected chi connectivity index (χ0v) is 40.5. The molecule has 2 radical (unpaired) electrons. The summed E-state index contributed by atoms with van der Waals surface area (Å²) in [4.78, 5) is 25.5. The van der Waals surface area contributed by atoms with E-state index in [-0.39, 0.29) is 46.6 Å². The van der Waals surface area contributed by atoms with Crippen LogP contribution in [0.2, 0.25) is 0 Å². The van der Waals surface area contributed by atoms with Crippen LogP contribution in [0.15, 0.2) is 59.6 Å². The van der Waals surface area contributed by atoms with E-state index in [1.54, 1.807) is 51.4 Å². The van der Waals surface area contributed by atoms with Gasteiger partial charge in [0.1, 0.15) is 11.6 Å². The molecule has 0 saturated carbocycles. The van der Waals surface area contributed by atoms with E-state index < -0.39 is 41.0 Å². The summed E-state index contributed by atoms with van der Waals surface area (Å²) in [5, 5.41) is 20.5. The second-order valence-electron chi connectivity index (χ2n) is 10.3. The molecule has 32 nitrogen and oxygen atoms in total. The summed E-state index contributed by atoms with van der Waals surface area (Å²) in [5.74, 6) is 3.39. The number of aliphatic imine (C=N–C) groups is 2. The molecule has 0 amide bonds. The molecule has 4 rings (SSSR count). The number of aliphatic hydroxyl groups is 2. The van der Waals surface area contributed by atoms with Crippen LogP contribution in [-0.4, -0.2) is 115 Å². The minimum Gasteiger partial charge on any atom is -0.400 e. The van der Waals surface area contributed by atoms with Crippen molar-refractivity contribution in [2.24, 2.45) is 38.2 Å². The quantitative estimate of drug-likeness (QED) is 0.0394. The maximum absolute atomic E-state index is 8.49. The van der Waals surface area contributed by atoms with Crippen LogP contribution in [0.5, 0.6) is 0 Å². The second-order valence-corrected chi connectivity index (χ2v) is 13.3. The molecule has 0 fully saturated rings. The van der Waals surface area contributed by atoms with Crippen LogP contribution in [0, 0.1) is 41.0 Å². The Kier molecular flexibility index (Phi) is 47.1. The topological polar surface area (TPSA) is 548 Å². The van der Waals surface area contributed by atoms with Crippen molar-refractivity contribution in [2.45, 2.75) is 12.5 Å². The van der Waals surface area contributed by atoms with Crippen molar-refractivity contribution in [3.63, 3.8) is 0 Å². The van der Waals surface area contributed by atoms with Gasteiger partial charge in [-0.2, -0.15) is 0 Å². The summed E-state index contributed by atoms with van der Waals surface area (Å²) < 4.78 is 154. The predicted molar refractivity (Wildman–Crippen MR) is 170 cm³/mol. The third-order valence-corrected chi connectivity index (χ3v) is 5.93. The van der Waals surface area contributed by atoms with Crippen LogP contribution in [-0.2, 0) is 71.8 Å². The summed E-state index contributed by atoms with van der Waals surface area (Å²) in [7, 11) is -6.71. The molecule has 390 valence electrons. The average Bonchev–Trinajstić information content (AvgIpc) is 3.97. The smallest absolute Gasteiger partial charge is 0.400 e. The van der Waals surface area contributed by atoms with Crippen LogP contribution in [0.25, 0.3) is 0 Å². The molecule has 38 heteroatoms. The Morgan fingerprint density at radius 1 is 0.500 bits per heavy atom. The zero-order valence-electron chi connectivity index (χ0n) is 35.6. The van der Waals surface area contributed by atoms with E-state index in [9.17, 15) is 0 Å². The van der Waals surface area contributed by atoms with E-state index in [1.165, 1.54) is 0 Å². The third-order valence-electron chi connectivity index (χ3n) is 5.93. The molecule has 0 aliphatic heterocycles. The standard InChI is InChI=1S/2C13H20N6O.2CH4O.4ClHO4.2Cu/c2*1-18-8-6-15-11(18)10-14-4-5-17-13(20-3)12-16-7-9-19(12)2;2*1-2;4*2-1(3,4)5;;/h2*6-10,13,17H,4-5H2,1-3H3;2*2H,1H3;4*(H,2,3,4,5);;/q;;;;;;;;2*+2/p-4/t2*13-;;;;;;;;/m10......../s1. The van der Waals surface area contributed by atoms with E-state index in [0.717, 1.165) is 37.5 Å². The first-order valence-electron chi connectivity index (χ1n) is 16.2. The number of imidazole rings is 4. The van der Waals surface area contributed by atoms with E-state index in [1.807, 2.05) is 71.2 Å². The molecular formula is C28H48Cl4Cu2N12O20. The molecular weight excluding hydrogens is 1090 g/mol. The van der Waals surface area contributed by atoms with Crippen molar-refractivity contribution in [3.8, 4) is 0 Å².